The minimum atomic E-state index is -0.495. The van der Waals surface area contributed by atoms with Gasteiger partial charge in [0.05, 0.1) is 10.6 Å². The van der Waals surface area contributed by atoms with Crippen LogP contribution in [0.5, 0.6) is 0 Å². The van der Waals surface area contributed by atoms with E-state index in [-0.39, 0.29) is 11.6 Å². The van der Waals surface area contributed by atoms with Crippen LogP contribution in [0.3, 0.4) is 0 Å². The van der Waals surface area contributed by atoms with Gasteiger partial charge < -0.3 is 17.2 Å². The van der Waals surface area contributed by atoms with Crippen LogP contribution in [0.2, 0.25) is 15.1 Å². The highest BCUT2D eigenvalue weighted by Crippen LogP contribution is 2.19. The first-order valence-corrected chi connectivity index (χ1v) is 17.2. The Morgan fingerprint density at radius 3 is 1.22 bits per heavy atom. The van der Waals surface area contributed by atoms with Crippen molar-refractivity contribution in [2.75, 3.05) is 0 Å². The summed E-state index contributed by atoms with van der Waals surface area (Å²) in [6, 6.07) is 46.7. The Bertz CT molecular complexity index is 2130. The second kappa shape index (κ2) is 23.5. The molecule has 0 aliphatic rings. The van der Waals surface area contributed by atoms with Crippen LogP contribution >= 0.6 is 34.8 Å². The van der Waals surface area contributed by atoms with E-state index in [1.165, 1.54) is 11.6 Å². The number of ketones is 2. The first-order valence-electron chi connectivity index (χ1n) is 16.1. The van der Waals surface area contributed by atoms with Crippen LogP contribution < -0.4 is 17.2 Å². The fraction of sp³-hybridized carbons (Fsp3) is 0.0465. The summed E-state index contributed by atoms with van der Waals surface area (Å²) in [5, 5.41) is 1.52. The van der Waals surface area contributed by atoms with Crippen molar-refractivity contribution in [3.8, 4) is 11.1 Å². The van der Waals surface area contributed by atoms with Gasteiger partial charge in [0.15, 0.2) is 11.6 Å². The Hall–Kier alpha value is -6.06. The molecule has 0 aliphatic carbocycles. The quantitative estimate of drug-likeness (QED) is 0.143. The first-order chi connectivity index (χ1) is 25.7. The van der Waals surface area contributed by atoms with Gasteiger partial charge in [0.25, 0.3) is 0 Å². The van der Waals surface area contributed by atoms with Gasteiger partial charge in [0, 0.05) is 32.3 Å². The van der Waals surface area contributed by atoms with Crippen LogP contribution in [0.1, 0.15) is 65.6 Å². The molecule has 6 aromatic rings. The molecule has 0 bridgehead atoms. The van der Waals surface area contributed by atoms with E-state index in [0.29, 0.717) is 31.8 Å². The molecule has 0 aliphatic heterocycles. The van der Waals surface area contributed by atoms with Gasteiger partial charge in [-0.1, -0.05) is 138 Å². The number of rotatable bonds is 6. The average Bonchev–Trinajstić information content (AvgIpc) is 3.17. The maximum absolute atomic E-state index is 11.1. The summed E-state index contributed by atoms with van der Waals surface area (Å²) < 4.78 is 0. The largest absolute Gasteiger partial charge is 0.366 e. The Morgan fingerprint density at radius 2 is 0.815 bits per heavy atom. The van der Waals surface area contributed by atoms with Gasteiger partial charge in [0.1, 0.15) is 0 Å². The second-order valence-electron chi connectivity index (χ2n) is 11.0. The summed E-state index contributed by atoms with van der Waals surface area (Å²) in [6.07, 6.45) is 0. The van der Waals surface area contributed by atoms with Gasteiger partial charge in [-0.15, -0.1) is 0 Å². The van der Waals surface area contributed by atoms with E-state index in [4.69, 9.17) is 52.0 Å². The molecule has 0 radical (unpaired) electrons. The van der Waals surface area contributed by atoms with Gasteiger partial charge in [-0.3, -0.25) is 24.0 Å². The van der Waals surface area contributed by atoms with Gasteiger partial charge in [-0.25, -0.2) is 0 Å². The molecule has 0 spiro atoms. The maximum Gasteiger partial charge on any atom is 0.250 e. The molecule has 6 N–H and O–H groups in total. The van der Waals surface area contributed by atoms with Gasteiger partial charge in [-0.05, 0) is 79.6 Å². The van der Waals surface area contributed by atoms with Crippen LogP contribution in [-0.2, 0) is 0 Å². The molecule has 0 unspecified atom stereocenters. The van der Waals surface area contributed by atoms with Gasteiger partial charge in [0.2, 0.25) is 17.7 Å². The third kappa shape index (κ3) is 16.5. The molecular weight excluding hydrogens is 745 g/mol. The van der Waals surface area contributed by atoms with Crippen molar-refractivity contribution < 1.29 is 24.0 Å². The molecule has 6 rings (SSSR count). The third-order valence-corrected chi connectivity index (χ3v) is 7.77. The van der Waals surface area contributed by atoms with E-state index in [9.17, 15) is 24.0 Å². The van der Waals surface area contributed by atoms with E-state index in [0.717, 1.165) is 16.7 Å². The molecule has 0 fully saturated rings. The molecule has 0 aromatic heterocycles. The highest BCUT2D eigenvalue weighted by Gasteiger charge is 2.03. The maximum atomic E-state index is 11.1. The molecule has 8 nitrogen and oxygen atoms in total. The lowest BCUT2D eigenvalue weighted by atomic mass is 10.0. The summed E-state index contributed by atoms with van der Waals surface area (Å²) in [7, 11) is 0. The van der Waals surface area contributed by atoms with Crippen molar-refractivity contribution in [1.82, 2.24) is 0 Å². The Labute approximate surface area is 329 Å². The van der Waals surface area contributed by atoms with E-state index in [1.807, 2.05) is 72.8 Å². The van der Waals surface area contributed by atoms with Gasteiger partial charge in [-0.2, -0.15) is 0 Å². The Balaban J connectivity index is 0.000000237. The molecule has 3 amide bonds. The van der Waals surface area contributed by atoms with Crippen LogP contribution in [-0.4, -0.2) is 29.3 Å². The lowest BCUT2D eigenvalue weighted by Crippen LogP contribution is -2.10. The number of hydrogen-bond acceptors (Lipinski definition) is 5. The average molecular weight is 783 g/mol. The molecule has 6 aromatic carbocycles. The fourth-order valence-corrected chi connectivity index (χ4v) is 4.66. The lowest BCUT2D eigenvalue weighted by Gasteiger charge is -2.01. The topological polar surface area (TPSA) is 163 Å². The SMILES string of the molecule is CC(=O)c1ccc(-c2ccccc2)cc1.CC(=O)c1ccccc1.NC(=O)c1ccc(Cl)cc1.NC(=O)c1cccc(Cl)c1.NC(=O)c1ccccc1Cl. The predicted molar refractivity (Wildman–Crippen MR) is 218 cm³/mol. The molecule has 54 heavy (non-hydrogen) atoms. The molecule has 0 saturated heterocycles. The molecule has 11 heteroatoms. The summed E-state index contributed by atoms with van der Waals surface area (Å²) in [5.41, 5.74) is 20.1. The number of primary amides is 3. The standard InChI is InChI=1S/C14H12O.C8H8O.3C7H6ClNO/c1-11(15)12-7-9-14(10-8-12)13-5-3-2-4-6-13;1-7(9)8-5-3-2-4-6-8;8-6-3-1-5(2-4-6)7(9)10;8-6-3-1-2-5(4-6)7(9)10;8-6-4-2-1-3-5(6)7(9)10/h2-10H,1H3;2-6H,1H3;3*1-4H,(H2,9,10). The number of benzene rings is 6. The van der Waals surface area contributed by atoms with Crippen molar-refractivity contribution in [3.63, 3.8) is 0 Å². The minimum Gasteiger partial charge on any atom is -0.366 e. The predicted octanol–water partition coefficient (Wildman–Crippen LogP) is 9.76. The van der Waals surface area contributed by atoms with Crippen molar-refractivity contribution in [2.24, 2.45) is 17.2 Å². The molecule has 276 valence electrons. The van der Waals surface area contributed by atoms with E-state index >= 15 is 0 Å². The van der Waals surface area contributed by atoms with Crippen molar-refractivity contribution in [1.29, 1.82) is 0 Å². The van der Waals surface area contributed by atoms with Gasteiger partial charge >= 0.3 is 0 Å². The first kappa shape index (κ1) is 44.1. The van der Waals surface area contributed by atoms with Crippen molar-refractivity contribution in [2.45, 2.75) is 13.8 Å². The number of nitrogens with two attached hydrogens (primary N) is 3. The number of carbonyl (C=O) groups is 5. The monoisotopic (exact) mass is 781 g/mol. The highest BCUT2D eigenvalue weighted by atomic mass is 35.5. The molecule has 0 saturated carbocycles. The second-order valence-corrected chi connectivity index (χ2v) is 12.3. The highest BCUT2D eigenvalue weighted by molar-refractivity contribution is 6.33. The summed E-state index contributed by atoms with van der Waals surface area (Å²) >= 11 is 16.8. The zero-order chi connectivity index (χ0) is 40.0. The molecular formula is C43H38Cl3N3O5. The van der Waals surface area contributed by atoms with Crippen LogP contribution in [0, 0.1) is 0 Å². The Morgan fingerprint density at radius 1 is 0.389 bits per heavy atom. The van der Waals surface area contributed by atoms with E-state index < -0.39 is 17.7 Å². The minimum absolute atomic E-state index is 0.106. The third-order valence-electron chi connectivity index (χ3n) is 6.96. The summed E-state index contributed by atoms with van der Waals surface area (Å²) in [6.45, 7) is 3.15. The molecule has 0 atom stereocenters. The smallest absolute Gasteiger partial charge is 0.250 e. The Kier molecular flexibility index (Phi) is 19.2. The van der Waals surface area contributed by atoms with Crippen LogP contribution in [0.15, 0.2) is 158 Å². The van der Waals surface area contributed by atoms with E-state index in [2.05, 4.69) is 12.1 Å². The number of carbonyl (C=O) groups excluding carboxylic acids is 5. The van der Waals surface area contributed by atoms with Crippen LogP contribution in [0.4, 0.5) is 0 Å². The zero-order valence-corrected chi connectivity index (χ0v) is 31.7. The van der Waals surface area contributed by atoms with Crippen LogP contribution in [0.25, 0.3) is 11.1 Å². The zero-order valence-electron chi connectivity index (χ0n) is 29.4. The fourth-order valence-electron chi connectivity index (χ4n) is 4.12. The van der Waals surface area contributed by atoms with Crippen molar-refractivity contribution >= 4 is 64.1 Å². The number of halogens is 3. The van der Waals surface area contributed by atoms with E-state index in [1.54, 1.807) is 80.6 Å². The number of amides is 3. The molecule has 0 heterocycles. The van der Waals surface area contributed by atoms with Crippen molar-refractivity contribution in [3.05, 3.63) is 201 Å². The lowest BCUT2D eigenvalue weighted by molar-refractivity contribution is 0.0992. The number of hydrogen-bond donors (Lipinski definition) is 3. The normalized spacial score (nSPS) is 9.43. The number of Topliss-reactive ketones (excluding diaryl/α,β-unsaturated/α-hetero) is 2. The summed E-state index contributed by atoms with van der Waals surface area (Å²) in [5.74, 6) is -1.16. The summed E-state index contributed by atoms with van der Waals surface area (Å²) in [4.78, 5) is 53.3.